The maximum Gasteiger partial charge on any atom is 0.137 e. The largest absolute Gasteiger partial charge is 0.300 e. The normalized spacial score (nSPS) is 7.91. The van der Waals surface area contributed by atoms with E-state index >= 15 is 0 Å². The molecule has 3 radical (unpaired) electrons. The van der Waals surface area contributed by atoms with Crippen LogP contribution >= 0.6 is 0 Å². The van der Waals surface area contributed by atoms with Gasteiger partial charge in [-0.1, -0.05) is 0 Å². The smallest absolute Gasteiger partial charge is 0.137 e. The second-order valence-electron chi connectivity index (χ2n) is 4.74. The van der Waals surface area contributed by atoms with Crippen LogP contribution in [0.15, 0.2) is 0 Å². The second-order valence-corrected chi connectivity index (χ2v) is 4.74. The van der Waals surface area contributed by atoms with Crippen LogP contribution in [0.2, 0.25) is 0 Å². The molecule has 0 fully saturated rings. The summed E-state index contributed by atoms with van der Waals surface area (Å²) in [5.41, 5.74) is 0. The predicted octanol–water partition coefficient (Wildman–Crippen LogP) is 1.28. The summed E-state index contributed by atoms with van der Waals surface area (Å²) in [7, 11) is 0. The minimum atomic E-state index is -0.0625. The van der Waals surface area contributed by atoms with Crippen molar-refractivity contribution in [2.75, 3.05) is 0 Å². The quantitative estimate of drug-likeness (QED) is 0.606. The van der Waals surface area contributed by atoms with Gasteiger partial charge in [0, 0.05) is 25.8 Å². The molecule has 0 aliphatic rings. The zero-order chi connectivity index (χ0) is 17.6. The zero-order valence-electron chi connectivity index (χ0n) is 14.1. The zero-order valence-corrected chi connectivity index (χ0v) is 17.4. The second kappa shape index (κ2) is 17.9. The van der Waals surface area contributed by atoms with Gasteiger partial charge in [-0.2, -0.15) is 0 Å². The first-order chi connectivity index (χ1) is 9.38. The fourth-order valence-electron chi connectivity index (χ4n) is 1.05. The third-order valence-electron chi connectivity index (χ3n) is 1.49. The summed E-state index contributed by atoms with van der Waals surface area (Å²) in [5.74, 6) is -0.375. The molecule has 0 heterocycles. The number of ketones is 6. The molecular formula is C15H24InO6. The summed E-state index contributed by atoms with van der Waals surface area (Å²) >= 11 is 0. The molecule has 0 spiro atoms. The van der Waals surface area contributed by atoms with Gasteiger partial charge in [-0.05, 0) is 41.5 Å². The van der Waals surface area contributed by atoms with Crippen LogP contribution in [-0.2, 0) is 28.8 Å². The molecule has 0 bridgehead atoms. The molecule has 0 amide bonds. The van der Waals surface area contributed by atoms with E-state index in [9.17, 15) is 28.8 Å². The van der Waals surface area contributed by atoms with E-state index in [4.69, 9.17) is 0 Å². The van der Waals surface area contributed by atoms with Crippen molar-refractivity contribution in [1.82, 2.24) is 0 Å². The van der Waals surface area contributed by atoms with Crippen molar-refractivity contribution in [3.63, 3.8) is 0 Å². The molecule has 0 rings (SSSR count). The Kier molecular flexibility index (Phi) is 23.6. The minimum absolute atomic E-state index is 0. The van der Waals surface area contributed by atoms with E-state index in [2.05, 4.69) is 0 Å². The molecule has 7 heteroatoms. The third-order valence-corrected chi connectivity index (χ3v) is 1.49. The van der Waals surface area contributed by atoms with E-state index in [0.717, 1.165) is 0 Å². The van der Waals surface area contributed by atoms with E-state index in [0.29, 0.717) is 0 Å². The molecule has 0 aromatic heterocycles. The van der Waals surface area contributed by atoms with E-state index < -0.39 is 0 Å². The van der Waals surface area contributed by atoms with Gasteiger partial charge in [0.25, 0.3) is 0 Å². The fraction of sp³-hybridized carbons (Fsp3) is 0.600. The number of rotatable bonds is 6. The van der Waals surface area contributed by atoms with Crippen LogP contribution in [0.1, 0.15) is 60.8 Å². The first-order valence-electron chi connectivity index (χ1n) is 6.35. The molecular weight excluding hydrogens is 391 g/mol. The number of hydrogen-bond acceptors (Lipinski definition) is 6. The topological polar surface area (TPSA) is 102 Å². The van der Waals surface area contributed by atoms with E-state index in [1.54, 1.807) is 0 Å². The van der Waals surface area contributed by atoms with Gasteiger partial charge in [-0.15, -0.1) is 0 Å². The third kappa shape index (κ3) is 51.0. The molecule has 0 atom stereocenters. The summed E-state index contributed by atoms with van der Waals surface area (Å²) in [4.78, 5) is 60.2. The van der Waals surface area contributed by atoms with Gasteiger partial charge in [0.2, 0.25) is 0 Å². The van der Waals surface area contributed by atoms with Crippen molar-refractivity contribution in [3.8, 4) is 0 Å². The molecule has 0 saturated heterocycles. The molecule has 123 valence electrons. The average molecular weight is 415 g/mol. The van der Waals surface area contributed by atoms with Crippen molar-refractivity contribution in [2.24, 2.45) is 0 Å². The molecule has 0 aliphatic carbocycles. The maximum absolute atomic E-state index is 10.0. The van der Waals surface area contributed by atoms with Gasteiger partial charge in [-0.25, -0.2) is 0 Å². The Labute approximate surface area is 150 Å². The van der Waals surface area contributed by atoms with Gasteiger partial charge in [0.1, 0.15) is 34.7 Å². The molecule has 6 nitrogen and oxygen atoms in total. The number of hydrogen-bond donors (Lipinski definition) is 0. The van der Waals surface area contributed by atoms with Crippen LogP contribution in [-0.4, -0.2) is 60.5 Å². The Bertz CT molecular complexity index is 314. The van der Waals surface area contributed by atoms with Gasteiger partial charge in [0.15, 0.2) is 0 Å². The van der Waals surface area contributed by atoms with Crippen molar-refractivity contribution in [2.45, 2.75) is 60.8 Å². The summed E-state index contributed by atoms with van der Waals surface area (Å²) in [6.45, 7) is 8.42. The van der Waals surface area contributed by atoms with Crippen LogP contribution < -0.4 is 0 Å². The summed E-state index contributed by atoms with van der Waals surface area (Å²) < 4.78 is 0. The van der Waals surface area contributed by atoms with Gasteiger partial charge in [0.05, 0.1) is 19.3 Å². The molecule has 0 saturated carbocycles. The Morgan fingerprint density at radius 1 is 0.409 bits per heavy atom. The van der Waals surface area contributed by atoms with Crippen molar-refractivity contribution in [3.05, 3.63) is 0 Å². The first-order valence-corrected chi connectivity index (χ1v) is 6.35. The molecule has 0 aliphatic heterocycles. The van der Waals surface area contributed by atoms with E-state index in [1.165, 1.54) is 41.5 Å². The predicted molar refractivity (Wildman–Crippen MR) is 83.7 cm³/mol. The van der Waals surface area contributed by atoms with E-state index in [-0.39, 0.29) is 79.8 Å². The summed E-state index contributed by atoms with van der Waals surface area (Å²) in [6, 6.07) is 0. The van der Waals surface area contributed by atoms with Crippen LogP contribution in [0, 0.1) is 0 Å². The first kappa shape index (κ1) is 29.0. The van der Waals surface area contributed by atoms with E-state index in [1.807, 2.05) is 0 Å². The molecule has 0 N–H and O–H groups in total. The number of Topliss-reactive ketones (excluding diaryl/α,β-unsaturated/α-hetero) is 6. The molecule has 0 aromatic carbocycles. The van der Waals surface area contributed by atoms with Crippen molar-refractivity contribution < 1.29 is 28.8 Å². The standard InChI is InChI=1S/3C5H8O2.In/c3*1-4(6)3-5(2)7;/h3*3H2,1-2H3;. The summed E-state index contributed by atoms with van der Waals surface area (Å²) in [5, 5.41) is 0. The average Bonchev–Trinajstić information content (AvgIpc) is 2.10. The van der Waals surface area contributed by atoms with Gasteiger partial charge < -0.3 is 0 Å². The number of carbonyl (C=O) groups excluding carboxylic acids is 6. The maximum atomic E-state index is 10.0. The van der Waals surface area contributed by atoms with Gasteiger partial charge in [-0.3, -0.25) is 28.8 Å². The minimum Gasteiger partial charge on any atom is -0.300 e. The van der Waals surface area contributed by atoms with Crippen molar-refractivity contribution in [1.29, 1.82) is 0 Å². The van der Waals surface area contributed by atoms with Crippen LogP contribution in [0.5, 0.6) is 0 Å². The number of carbonyl (C=O) groups is 6. The Balaban J connectivity index is -0.000000108. The Hall–Kier alpha value is -1.11. The summed E-state index contributed by atoms with van der Waals surface area (Å²) in [6.07, 6.45) is 0.250. The van der Waals surface area contributed by atoms with Crippen LogP contribution in [0.4, 0.5) is 0 Å². The Morgan fingerprint density at radius 3 is 0.500 bits per heavy atom. The van der Waals surface area contributed by atoms with Crippen LogP contribution in [0.25, 0.3) is 0 Å². The van der Waals surface area contributed by atoms with Crippen molar-refractivity contribution >= 4 is 60.5 Å². The van der Waals surface area contributed by atoms with Gasteiger partial charge >= 0.3 is 0 Å². The SMILES string of the molecule is CC(=O)CC(C)=O.CC(=O)CC(C)=O.CC(=O)CC(C)=O.[In]. The monoisotopic (exact) mass is 415 g/mol. The molecule has 0 aromatic rings. The van der Waals surface area contributed by atoms with Crippen LogP contribution in [0.3, 0.4) is 0 Å². The molecule has 22 heavy (non-hydrogen) atoms. The molecule has 0 unspecified atom stereocenters. The fourth-order valence-corrected chi connectivity index (χ4v) is 1.05. The Morgan fingerprint density at radius 2 is 0.500 bits per heavy atom.